The van der Waals surface area contributed by atoms with Crippen molar-refractivity contribution in [1.29, 1.82) is 0 Å². The maximum absolute atomic E-state index is 12.1. The molecule has 0 saturated carbocycles. The third-order valence-corrected chi connectivity index (χ3v) is 3.46. The van der Waals surface area contributed by atoms with Crippen LogP contribution >= 0.6 is 0 Å². The highest BCUT2D eigenvalue weighted by Gasteiger charge is 2.08. The molecule has 0 fully saturated rings. The summed E-state index contributed by atoms with van der Waals surface area (Å²) in [6.07, 6.45) is 0.942. The number of rotatable bonds is 7. The molecule has 0 spiro atoms. The lowest BCUT2D eigenvalue weighted by atomic mass is 10.1. The fourth-order valence-electron chi connectivity index (χ4n) is 2.14. The number of nitrogens with one attached hydrogen (secondary N) is 1. The summed E-state index contributed by atoms with van der Waals surface area (Å²) < 4.78 is 11.0. The van der Waals surface area contributed by atoms with Gasteiger partial charge in [-0.25, -0.2) is 0 Å². The molecular weight excluding hydrogens is 290 g/mol. The third kappa shape index (κ3) is 4.74. The van der Waals surface area contributed by atoms with Crippen LogP contribution in [0.1, 0.15) is 34.8 Å². The normalized spacial score (nSPS) is 10.2. The third-order valence-electron chi connectivity index (χ3n) is 3.46. The topological polar surface area (TPSA) is 47.6 Å². The standard InChI is InChI=1S/C19H23NO3/c1-4-11-23-17-10-7-15(12-18(17)22-3)13-20-19(21)16-8-5-14(2)6-9-16/h5-10,12H,4,11,13H2,1-3H3,(H,20,21). The summed E-state index contributed by atoms with van der Waals surface area (Å²) in [6, 6.07) is 13.2. The molecule has 0 aliphatic rings. The first-order valence-electron chi connectivity index (χ1n) is 7.78. The van der Waals surface area contributed by atoms with Crippen LogP contribution in [-0.2, 0) is 6.54 Å². The molecule has 2 rings (SSSR count). The Bertz CT molecular complexity index is 650. The van der Waals surface area contributed by atoms with Gasteiger partial charge >= 0.3 is 0 Å². The van der Waals surface area contributed by atoms with Gasteiger partial charge in [-0.3, -0.25) is 4.79 Å². The predicted octanol–water partition coefficient (Wildman–Crippen LogP) is 3.72. The number of methoxy groups -OCH3 is 1. The fourth-order valence-corrected chi connectivity index (χ4v) is 2.14. The van der Waals surface area contributed by atoms with Crippen molar-refractivity contribution in [2.75, 3.05) is 13.7 Å². The van der Waals surface area contributed by atoms with E-state index in [0.717, 1.165) is 23.3 Å². The predicted molar refractivity (Wildman–Crippen MR) is 91.1 cm³/mol. The average Bonchev–Trinajstić information content (AvgIpc) is 2.58. The second-order valence-electron chi connectivity index (χ2n) is 5.38. The highest BCUT2D eigenvalue weighted by Crippen LogP contribution is 2.28. The minimum Gasteiger partial charge on any atom is -0.493 e. The number of ether oxygens (including phenoxy) is 2. The molecule has 0 saturated heterocycles. The Labute approximate surface area is 137 Å². The molecular formula is C19H23NO3. The Morgan fingerprint density at radius 3 is 2.48 bits per heavy atom. The molecule has 2 aromatic rings. The molecule has 0 bridgehead atoms. The molecule has 0 heterocycles. The van der Waals surface area contributed by atoms with Crippen LogP contribution in [0.3, 0.4) is 0 Å². The highest BCUT2D eigenvalue weighted by atomic mass is 16.5. The van der Waals surface area contributed by atoms with E-state index in [4.69, 9.17) is 9.47 Å². The Morgan fingerprint density at radius 1 is 1.09 bits per heavy atom. The van der Waals surface area contributed by atoms with Gasteiger partial charge in [-0.1, -0.05) is 30.7 Å². The second kappa shape index (κ2) is 8.22. The molecule has 0 unspecified atom stereocenters. The van der Waals surface area contributed by atoms with E-state index in [-0.39, 0.29) is 5.91 Å². The Kier molecular flexibility index (Phi) is 6.03. The average molecular weight is 313 g/mol. The Balaban J connectivity index is 1.99. The van der Waals surface area contributed by atoms with Crippen LogP contribution < -0.4 is 14.8 Å². The van der Waals surface area contributed by atoms with Crippen molar-refractivity contribution >= 4 is 5.91 Å². The number of carbonyl (C=O) groups excluding carboxylic acids is 1. The van der Waals surface area contributed by atoms with Gasteiger partial charge in [0.2, 0.25) is 0 Å². The summed E-state index contributed by atoms with van der Waals surface area (Å²) >= 11 is 0. The van der Waals surface area contributed by atoms with E-state index in [9.17, 15) is 4.79 Å². The molecule has 4 heteroatoms. The molecule has 0 radical (unpaired) electrons. The quantitative estimate of drug-likeness (QED) is 0.847. The lowest BCUT2D eigenvalue weighted by molar-refractivity contribution is 0.0951. The van der Waals surface area contributed by atoms with E-state index in [2.05, 4.69) is 12.2 Å². The number of aryl methyl sites for hydroxylation is 1. The summed E-state index contributed by atoms with van der Waals surface area (Å²) in [5, 5.41) is 2.91. The van der Waals surface area contributed by atoms with E-state index >= 15 is 0 Å². The van der Waals surface area contributed by atoms with Crippen LogP contribution in [0.15, 0.2) is 42.5 Å². The van der Waals surface area contributed by atoms with Crippen molar-refractivity contribution in [3.05, 3.63) is 59.2 Å². The number of hydrogen-bond acceptors (Lipinski definition) is 3. The maximum Gasteiger partial charge on any atom is 0.251 e. The molecule has 0 aromatic heterocycles. The minimum atomic E-state index is -0.0877. The summed E-state index contributed by atoms with van der Waals surface area (Å²) in [6.45, 7) is 5.15. The zero-order valence-electron chi connectivity index (χ0n) is 13.9. The molecule has 2 aromatic carbocycles. The number of carbonyl (C=O) groups is 1. The van der Waals surface area contributed by atoms with Gasteiger partial charge in [0, 0.05) is 12.1 Å². The number of benzene rings is 2. The van der Waals surface area contributed by atoms with Crippen LogP contribution in [0.5, 0.6) is 11.5 Å². The molecule has 122 valence electrons. The van der Waals surface area contributed by atoms with Crippen molar-refractivity contribution in [3.63, 3.8) is 0 Å². The van der Waals surface area contributed by atoms with E-state index in [0.29, 0.717) is 24.5 Å². The largest absolute Gasteiger partial charge is 0.493 e. The van der Waals surface area contributed by atoms with Crippen LogP contribution in [0.25, 0.3) is 0 Å². The molecule has 1 N–H and O–H groups in total. The second-order valence-corrected chi connectivity index (χ2v) is 5.38. The Morgan fingerprint density at radius 2 is 1.83 bits per heavy atom. The first-order chi connectivity index (χ1) is 11.1. The van der Waals surface area contributed by atoms with Crippen LogP contribution in [-0.4, -0.2) is 19.6 Å². The summed E-state index contributed by atoms with van der Waals surface area (Å²) in [5.74, 6) is 1.32. The lowest BCUT2D eigenvalue weighted by Crippen LogP contribution is -2.22. The molecule has 0 aliphatic heterocycles. The van der Waals surface area contributed by atoms with Crippen LogP contribution in [0.4, 0.5) is 0 Å². The van der Waals surface area contributed by atoms with Gasteiger partial charge in [-0.05, 0) is 43.2 Å². The van der Waals surface area contributed by atoms with Gasteiger partial charge in [-0.2, -0.15) is 0 Å². The fraction of sp³-hybridized carbons (Fsp3) is 0.316. The van der Waals surface area contributed by atoms with Gasteiger partial charge in [0.15, 0.2) is 11.5 Å². The number of hydrogen-bond donors (Lipinski definition) is 1. The summed E-state index contributed by atoms with van der Waals surface area (Å²) in [7, 11) is 1.61. The van der Waals surface area contributed by atoms with Crippen LogP contribution in [0.2, 0.25) is 0 Å². The van der Waals surface area contributed by atoms with Gasteiger partial charge < -0.3 is 14.8 Å². The molecule has 1 amide bonds. The first-order valence-corrected chi connectivity index (χ1v) is 7.78. The molecule has 4 nitrogen and oxygen atoms in total. The van der Waals surface area contributed by atoms with Gasteiger partial charge in [-0.15, -0.1) is 0 Å². The molecule has 23 heavy (non-hydrogen) atoms. The number of amides is 1. The smallest absolute Gasteiger partial charge is 0.251 e. The van der Waals surface area contributed by atoms with E-state index < -0.39 is 0 Å². The highest BCUT2D eigenvalue weighted by molar-refractivity contribution is 5.94. The zero-order chi connectivity index (χ0) is 16.7. The molecule has 0 atom stereocenters. The van der Waals surface area contributed by atoms with E-state index in [1.54, 1.807) is 7.11 Å². The SMILES string of the molecule is CCCOc1ccc(CNC(=O)c2ccc(C)cc2)cc1OC. The van der Waals surface area contributed by atoms with Crippen molar-refractivity contribution in [2.24, 2.45) is 0 Å². The van der Waals surface area contributed by atoms with E-state index in [1.807, 2.05) is 49.4 Å². The summed E-state index contributed by atoms with van der Waals surface area (Å²) in [5.41, 5.74) is 2.76. The van der Waals surface area contributed by atoms with Crippen molar-refractivity contribution in [2.45, 2.75) is 26.8 Å². The maximum atomic E-state index is 12.1. The van der Waals surface area contributed by atoms with Gasteiger partial charge in [0.1, 0.15) is 0 Å². The van der Waals surface area contributed by atoms with Gasteiger partial charge in [0.25, 0.3) is 5.91 Å². The van der Waals surface area contributed by atoms with Crippen molar-refractivity contribution < 1.29 is 14.3 Å². The lowest BCUT2D eigenvalue weighted by Gasteiger charge is -2.12. The van der Waals surface area contributed by atoms with E-state index in [1.165, 1.54) is 0 Å². The summed E-state index contributed by atoms with van der Waals surface area (Å²) in [4.78, 5) is 12.1. The monoisotopic (exact) mass is 313 g/mol. The minimum absolute atomic E-state index is 0.0877. The van der Waals surface area contributed by atoms with Crippen molar-refractivity contribution in [3.8, 4) is 11.5 Å². The van der Waals surface area contributed by atoms with Crippen LogP contribution in [0, 0.1) is 6.92 Å². The van der Waals surface area contributed by atoms with Gasteiger partial charge in [0.05, 0.1) is 13.7 Å². The zero-order valence-corrected chi connectivity index (χ0v) is 13.9. The Hall–Kier alpha value is -2.49. The molecule has 0 aliphatic carbocycles. The first kappa shape index (κ1) is 16.9. The van der Waals surface area contributed by atoms with Crippen molar-refractivity contribution in [1.82, 2.24) is 5.32 Å².